The van der Waals surface area contributed by atoms with E-state index in [0.717, 1.165) is 24.4 Å². The van der Waals surface area contributed by atoms with Crippen molar-refractivity contribution in [1.82, 2.24) is 9.78 Å². The largest absolute Gasteiger partial charge is 0.363 e. The van der Waals surface area contributed by atoms with Gasteiger partial charge in [0.2, 0.25) is 0 Å². The zero-order valence-electron chi connectivity index (χ0n) is 12.0. The lowest BCUT2D eigenvalue weighted by molar-refractivity contribution is 0.604. The van der Waals surface area contributed by atoms with Gasteiger partial charge in [0, 0.05) is 13.6 Å². The van der Waals surface area contributed by atoms with Crippen LogP contribution >= 0.6 is 0 Å². The van der Waals surface area contributed by atoms with Crippen molar-refractivity contribution >= 4 is 5.69 Å². The number of hydrogen-bond acceptors (Lipinski definition) is 3. The summed E-state index contributed by atoms with van der Waals surface area (Å²) >= 11 is 0. The molecule has 0 fully saturated rings. The van der Waals surface area contributed by atoms with Gasteiger partial charge in [-0.05, 0) is 38.1 Å². The number of aryl methyl sites for hydroxylation is 2. The van der Waals surface area contributed by atoms with Gasteiger partial charge in [-0.3, -0.25) is 4.68 Å². The molecule has 108 valence electrons. The first-order valence-electron chi connectivity index (χ1n) is 6.81. The maximum Gasteiger partial charge on any atom is 0.146 e. The molecule has 2 rings (SSSR count). The van der Waals surface area contributed by atoms with Gasteiger partial charge in [-0.25, -0.2) is 4.39 Å². The Bertz CT molecular complexity index is 565. The highest BCUT2D eigenvalue weighted by molar-refractivity contribution is 5.47. The lowest BCUT2D eigenvalue weighted by Crippen LogP contribution is -2.27. The van der Waals surface area contributed by atoms with Crippen LogP contribution in [0.3, 0.4) is 0 Å². The van der Waals surface area contributed by atoms with Gasteiger partial charge in [-0.15, -0.1) is 0 Å². The summed E-state index contributed by atoms with van der Waals surface area (Å²) in [6.07, 6.45) is 0.825. The Balaban J connectivity index is 2.24. The van der Waals surface area contributed by atoms with Crippen molar-refractivity contribution < 1.29 is 4.39 Å². The third kappa shape index (κ3) is 3.36. The minimum absolute atomic E-state index is 0.205. The smallest absolute Gasteiger partial charge is 0.146 e. The predicted molar refractivity (Wildman–Crippen MR) is 79.1 cm³/mol. The van der Waals surface area contributed by atoms with Gasteiger partial charge in [0.15, 0.2) is 0 Å². The van der Waals surface area contributed by atoms with E-state index in [4.69, 9.17) is 5.73 Å². The summed E-state index contributed by atoms with van der Waals surface area (Å²) in [7, 11) is 1.91. The minimum atomic E-state index is -0.205. The Morgan fingerprint density at radius 1 is 1.35 bits per heavy atom. The SMILES string of the molecule is Cc1cc(CN(CCCN)c2ccccc2F)n(C)n1. The average molecular weight is 276 g/mol. The third-order valence-electron chi connectivity index (χ3n) is 3.28. The second-order valence-electron chi connectivity index (χ2n) is 4.92. The normalized spacial score (nSPS) is 10.8. The maximum atomic E-state index is 14.0. The molecule has 0 amide bonds. The lowest BCUT2D eigenvalue weighted by atomic mass is 10.2. The molecule has 4 nitrogen and oxygen atoms in total. The zero-order chi connectivity index (χ0) is 14.5. The average Bonchev–Trinajstić information content (AvgIpc) is 2.73. The highest BCUT2D eigenvalue weighted by Gasteiger charge is 2.13. The summed E-state index contributed by atoms with van der Waals surface area (Å²) < 4.78 is 15.8. The van der Waals surface area contributed by atoms with Crippen LogP contribution in [0.25, 0.3) is 0 Å². The number of nitrogens with two attached hydrogens (primary N) is 1. The molecule has 0 saturated heterocycles. The molecule has 0 atom stereocenters. The number of halogens is 1. The Kier molecular flexibility index (Phi) is 4.74. The molecular formula is C15H21FN4. The number of para-hydroxylation sites is 1. The molecule has 1 heterocycles. The number of aromatic nitrogens is 2. The molecule has 2 N–H and O–H groups in total. The van der Waals surface area contributed by atoms with Gasteiger partial charge in [0.05, 0.1) is 23.6 Å². The maximum absolute atomic E-state index is 14.0. The Morgan fingerprint density at radius 2 is 2.10 bits per heavy atom. The molecule has 0 bridgehead atoms. The first-order chi connectivity index (χ1) is 9.61. The number of hydrogen-bond donors (Lipinski definition) is 1. The molecule has 0 spiro atoms. The molecular weight excluding hydrogens is 255 g/mol. The van der Waals surface area contributed by atoms with E-state index >= 15 is 0 Å². The molecule has 0 aliphatic heterocycles. The Labute approximate surface area is 119 Å². The van der Waals surface area contributed by atoms with Crippen LogP contribution in [-0.4, -0.2) is 22.9 Å². The van der Waals surface area contributed by atoms with E-state index in [9.17, 15) is 4.39 Å². The summed E-state index contributed by atoms with van der Waals surface area (Å²) in [4.78, 5) is 2.01. The molecule has 1 aromatic heterocycles. The van der Waals surface area contributed by atoms with Crippen LogP contribution < -0.4 is 10.6 Å². The number of anilines is 1. The van der Waals surface area contributed by atoms with E-state index in [1.807, 2.05) is 35.7 Å². The molecule has 0 aliphatic carbocycles. The molecule has 0 aliphatic rings. The summed E-state index contributed by atoms with van der Waals surface area (Å²) in [5, 5.41) is 4.33. The van der Waals surface area contributed by atoms with Crippen molar-refractivity contribution in [3.63, 3.8) is 0 Å². The Hall–Kier alpha value is -1.88. The molecule has 0 radical (unpaired) electrons. The van der Waals surface area contributed by atoms with Gasteiger partial charge in [0.25, 0.3) is 0 Å². The fourth-order valence-corrected chi connectivity index (χ4v) is 2.28. The minimum Gasteiger partial charge on any atom is -0.363 e. The quantitative estimate of drug-likeness (QED) is 0.880. The van der Waals surface area contributed by atoms with Crippen LogP contribution in [-0.2, 0) is 13.6 Å². The highest BCUT2D eigenvalue weighted by atomic mass is 19.1. The van der Waals surface area contributed by atoms with E-state index in [2.05, 4.69) is 5.10 Å². The van der Waals surface area contributed by atoms with Crippen LogP contribution in [0.4, 0.5) is 10.1 Å². The van der Waals surface area contributed by atoms with E-state index in [1.54, 1.807) is 12.1 Å². The highest BCUT2D eigenvalue weighted by Crippen LogP contribution is 2.21. The van der Waals surface area contributed by atoms with Crippen molar-refractivity contribution in [2.45, 2.75) is 19.9 Å². The van der Waals surface area contributed by atoms with Gasteiger partial charge < -0.3 is 10.6 Å². The summed E-state index contributed by atoms with van der Waals surface area (Å²) in [5.41, 5.74) is 8.22. The molecule has 0 saturated carbocycles. The van der Waals surface area contributed by atoms with Crippen molar-refractivity contribution in [1.29, 1.82) is 0 Å². The van der Waals surface area contributed by atoms with Gasteiger partial charge in [-0.1, -0.05) is 12.1 Å². The van der Waals surface area contributed by atoms with Crippen molar-refractivity contribution in [2.24, 2.45) is 12.8 Å². The van der Waals surface area contributed by atoms with Crippen LogP contribution in [0.5, 0.6) is 0 Å². The van der Waals surface area contributed by atoms with E-state index < -0.39 is 0 Å². The molecule has 5 heteroatoms. The fourth-order valence-electron chi connectivity index (χ4n) is 2.28. The molecule has 2 aromatic rings. The molecule has 20 heavy (non-hydrogen) atoms. The number of benzene rings is 1. The van der Waals surface area contributed by atoms with Crippen LogP contribution in [0.1, 0.15) is 17.8 Å². The second kappa shape index (κ2) is 6.52. The monoisotopic (exact) mass is 276 g/mol. The van der Waals surface area contributed by atoms with Gasteiger partial charge >= 0.3 is 0 Å². The number of rotatable bonds is 6. The first-order valence-corrected chi connectivity index (χ1v) is 6.81. The molecule has 0 unspecified atom stereocenters. The second-order valence-corrected chi connectivity index (χ2v) is 4.92. The van der Waals surface area contributed by atoms with Crippen molar-refractivity contribution in [2.75, 3.05) is 18.0 Å². The van der Waals surface area contributed by atoms with Gasteiger partial charge in [-0.2, -0.15) is 5.10 Å². The van der Waals surface area contributed by atoms with E-state index in [0.29, 0.717) is 18.8 Å². The third-order valence-corrected chi connectivity index (χ3v) is 3.28. The van der Waals surface area contributed by atoms with Crippen LogP contribution in [0.15, 0.2) is 30.3 Å². The lowest BCUT2D eigenvalue weighted by Gasteiger charge is -2.25. The van der Waals surface area contributed by atoms with Crippen molar-refractivity contribution in [3.05, 3.63) is 47.5 Å². The standard InChI is InChI=1S/C15H21FN4/c1-12-10-13(19(2)18-12)11-20(9-5-8-17)15-7-4-3-6-14(15)16/h3-4,6-7,10H,5,8-9,11,17H2,1-2H3. The summed E-state index contributed by atoms with van der Waals surface area (Å²) in [6, 6.07) is 8.86. The van der Waals surface area contributed by atoms with Crippen LogP contribution in [0.2, 0.25) is 0 Å². The van der Waals surface area contributed by atoms with E-state index in [-0.39, 0.29) is 5.82 Å². The summed E-state index contributed by atoms with van der Waals surface area (Å²) in [5.74, 6) is -0.205. The molecule has 1 aromatic carbocycles. The van der Waals surface area contributed by atoms with Crippen LogP contribution in [0, 0.1) is 12.7 Å². The summed E-state index contributed by atoms with van der Waals surface area (Å²) in [6.45, 7) is 3.89. The first kappa shape index (κ1) is 14.5. The number of nitrogens with zero attached hydrogens (tertiary/aromatic N) is 3. The van der Waals surface area contributed by atoms with Crippen molar-refractivity contribution in [3.8, 4) is 0 Å². The topological polar surface area (TPSA) is 47.1 Å². The van der Waals surface area contributed by atoms with Gasteiger partial charge in [0.1, 0.15) is 5.82 Å². The zero-order valence-corrected chi connectivity index (χ0v) is 12.0. The Morgan fingerprint density at radius 3 is 2.70 bits per heavy atom. The fraction of sp³-hybridized carbons (Fsp3) is 0.400. The predicted octanol–water partition coefficient (Wildman–Crippen LogP) is 2.22. The van der Waals surface area contributed by atoms with E-state index in [1.165, 1.54) is 6.07 Å².